The monoisotopic (exact) mass is 807 g/mol. The summed E-state index contributed by atoms with van der Waals surface area (Å²) in [6.45, 7) is 0. The van der Waals surface area contributed by atoms with Crippen molar-refractivity contribution in [3.05, 3.63) is 140 Å². The summed E-state index contributed by atoms with van der Waals surface area (Å²) in [7, 11) is 0. The Labute approximate surface area is 291 Å². The second kappa shape index (κ2) is 9.56. The molecule has 49 heavy (non-hydrogen) atoms. The first-order valence-electron chi connectivity index (χ1n) is 15.9. The molecule has 6 nitrogen and oxygen atoms in total. The van der Waals surface area contributed by atoms with Crippen molar-refractivity contribution < 1.29 is 34.5 Å². The zero-order valence-electron chi connectivity index (χ0n) is 25.5. The van der Waals surface area contributed by atoms with Crippen molar-refractivity contribution in [2.24, 2.45) is 0 Å². The molecule has 0 aliphatic rings. The molecule has 0 radical (unpaired) electrons. The van der Waals surface area contributed by atoms with Gasteiger partial charge in [-0.2, -0.15) is 36.4 Å². The van der Waals surface area contributed by atoms with Crippen LogP contribution in [-0.4, -0.2) is 14.0 Å². The first kappa shape index (κ1) is 27.0. The Kier molecular flexibility index (Phi) is 5.27. The molecule has 7 heteroatoms. The number of hydrogen-bond donors (Lipinski definition) is 0. The maximum Gasteiger partial charge on any atom is 0.205 e. The molecule has 0 amide bonds. The van der Waals surface area contributed by atoms with Gasteiger partial charge in [-0.15, -0.1) is 16.4 Å². The minimum absolute atomic E-state index is 0. The van der Waals surface area contributed by atoms with E-state index in [-0.39, 0.29) is 21.1 Å². The fourth-order valence-electron chi connectivity index (χ4n) is 7.88. The average molecular weight is 808 g/mol. The molecule has 0 saturated carbocycles. The van der Waals surface area contributed by atoms with Crippen LogP contribution in [0.4, 0.5) is 0 Å². The first-order chi connectivity index (χ1) is 23.8. The normalized spacial score (nSPS) is 12.3. The summed E-state index contributed by atoms with van der Waals surface area (Å²) in [5.41, 5.74) is 10.6. The number of rotatable bonds is 3. The minimum Gasteiger partial charge on any atom is -0.483 e. The van der Waals surface area contributed by atoms with E-state index in [4.69, 9.17) is 13.8 Å². The van der Waals surface area contributed by atoms with E-state index >= 15 is 0 Å². The predicted molar refractivity (Wildman–Crippen MR) is 187 cm³/mol. The molecular weight excluding hydrogens is 788 g/mol. The van der Waals surface area contributed by atoms with Gasteiger partial charge in [-0.1, -0.05) is 71.0 Å². The minimum atomic E-state index is 0. The molecule has 0 saturated heterocycles. The molecule has 0 spiro atoms. The van der Waals surface area contributed by atoms with Gasteiger partial charge >= 0.3 is 0 Å². The Morgan fingerprint density at radius 1 is 0.592 bits per heavy atom. The molecule has 6 aromatic carbocycles. The van der Waals surface area contributed by atoms with Crippen molar-refractivity contribution in [1.29, 1.82) is 0 Å². The summed E-state index contributed by atoms with van der Waals surface area (Å²) in [6.07, 6.45) is 3.66. The smallest absolute Gasteiger partial charge is 0.205 e. The van der Waals surface area contributed by atoms with E-state index in [1.54, 1.807) is 0 Å². The molecule has 0 atom stereocenters. The van der Waals surface area contributed by atoms with Crippen molar-refractivity contribution >= 4 is 82.2 Å². The van der Waals surface area contributed by atoms with Crippen LogP contribution in [0.3, 0.4) is 0 Å². The maximum atomic E-state index is 6.40. The van der Waals surface area contributed by atoms with Gasteiger partial charge in [0.1, 0.15) is 16.7 Å². The van der Waals surface area contributed by atoms with Crippen molar-refractivity contribution in [1.82, 2.24) is 14.0 Å². The van der Waals surface area contributed by atoms with Gasteiger partial charge in [-0.3, -0.25) is 4.57 Å². The number of imidazole rings is 1. The summed E-state index contributed by atoms with van der Waals surface area (Å²) < 4.78 is 19.1. The van der Waals surface area contributed by atoms with Crippen LogP contribution in [-0.2, 0) is 21.1 Å². The third kappa shape index (κ3) is 3.43. The van der Waals surface area contributed by atoms with Gasteiger partial charge < -0.3 is 17.8 Å². The number of furan rings is 2. The van der Waals surface area contributed by atoms with Crippen LogP contribution in [0.2, 0.25) is 0 Å². The molecule has 0 bridgehead atoms. The van der Waals surface area contributed by atoms with Crippen molar-refractivity contribution in [2.45, 2.75) is 0 Å². The van der Waals surface area contributed by atoms with Crippen LogP contribution >= 0.6 is 0 Å². The van der Waals surface area contributed by atoms with Crippen LogP contribution in [0.25, 0.3) is 105 Å². The molecule has 232 valence electrons. The van der Waals surface area contributed by atoms with Crippen molar-refractivity contribution in [2.75, 3.05) is 0 Å². The van der Waals surface area contributed by atoms with Crippen LogP contribution in [0, 0.1) is 18.5 Å². The van der Waals surface area contributed by atoms with E-state index in [1.807, 2.05) is 59.2 Å². The molecule has 12 rings (SSSR count). The van der Waals surface area contributed by atoms with E-state index < -0.39 is 0 Å². The van der Waals surface area contributed by atoms with Gasteiger partial charge in [0.2, 0.25) is 11.6 Å². The molecule has 6 heterocycles. The summed E-state index contributed by atoms with van der Waals surface area (Å²) >= 11 is 0. The van der Waals surface area contributed by atoms with Gasteiger partial charge in [0, 0.05) is 48.5 Å². The van der Waals surface area contributed by atoms with Gasteiger partial charge in [0.15, 0.2) is 6.33 Å². The Hall–Kier alpha value is -5.97. The fourth-order valence-corrected chi connectivity index (χ4v) is 7.88. The third-order valence-electron chi connectivity index (χ3n) is 9.88. The number of benzene rings is 6. The Morgan fingerprint density at radius 3 is 2.24 bits per heavy atom. The van der Waals surface area contributed by atoms with E-state index in [0.29, 0.717) is 0 Å². The Bertz CT molecular complexity index is 3240. The molecule has 12 aromatic rings. The van der Waals surface area contributed by atoms with Crippen LogP contribution in [0.5, 0.6) is 0 Å². The van der Waals surface area contributed by atoms with Crippen molar-refractivity contribution in [3.8, 4) is 22.8 Å². The number of nitrogens with zero attached hydrogens (tertiary/aromatic N) is 4. The molecule has 0 aliphatic carbocycles. The second-order valence-electron chi connectivity index (χ2n) is 12.4. The maximum absolute atomic E-state index is 6.40. The van der Waals surface area contributed by atoms with Gasteiger partial charge in [0.05, 0.1) is 5.52 Å². The second-order valence-corrected chi connectivity index (χ2v) is 12.4. The quantitative estimate of drug-likeness (QED) is 0.132. The van der Waals surface area contributed by atoms with Gasteiger partial charge in [-0.25, -0.2) is 0 Å². The molecule has 0 aliphatic heterocycles. The molecule has 0 unspecified atom stereocenters. The Morgan fingerprint density at radius 2 is 1.37 bits per heavy atom. The summed E-state index contributed by atoms with van der Waals surface area (Å²) in [5.74, 6) is 1.55. The Balaban J connectivity index is 0.00000290. The van der Waals surface area contributed by atoms with E-state index in [9.17, 15) is 0 Å². The van der Waals surface area contributed by atoms with Gasteiger partial charge in [-0.05, 0) is 58.3 Å². The SMILES string of the molecule is [Pt].[c-]1cccc2c3cc(-c4ccccc4)ccc3n(-c3cccc(-[n+]4[c-]n5c6[c-]ccc7oc8ccc9oc%10ccc4c5c%10c9c8c76)n3)c12. The standard InChI is InChI=1S/C42H20N4O2.Pt/c1-2-8-24(9-3-1)25-16-17-29-27(22-25)26-10-4-5-11-28(26)46(29)37-15-7-14-36(43-37)44-23-45-30-12-6-13-32-38(30)39-33(47-32)20-21-34-40(39)41-35(48-34)19-18-31(44)42(41)45;/h1-10,13-22H;/q-2;. The number of hydrogen-bond acceptors (Lipinski definition) is 3. The van der Waals surface area contributed by atoms with Crippen LogP contribution < -0.4 is 4.57 Å². The molecule has 6 aromatic heterocycles. The predicted octanol–water partition coefficient (Wildman–Crippen LogP) is 9.60. The number of para-hydroxylation sites is 1. The largest absolute Gasteiger partial charge is 0.483 e. The summed E-state index contributed by atoms with van der Waals surface area (Å²) in [6, 6.07) is 48.5. The van der Waals surface area contributed by atoms with Gasteiger partial charge in [0.25, 0.3) is 0 Å². The number of fused-ring (bicyclic) bond motifs is 4. The molecule has 0 N–H and O–H groups in total. The first-order valence-corrected chi connectivity index (χ1v) is 15.9. The van der Waals surface area contributed by atoms with Crippen molar-refractivity contribution in [3.63, 3.8) is 0 Å². The van der Waals surface area contributed by atoms with E-state index in [0.717, 1.165) is 93.9 Å². The topological polar surface area (TPSA) is 52.4 Å². The number of pyridine rings is 1. The zero-order valence-corrected chi connectivity index (χ0v) is 27.7. The average Bonchev–Trinajstić information content (AvgIpc) is 3.88. The van der Waals surface area contributed by atoms with Crippen LogP contribution in [0.15, 0.2) is 130 Å². The third-order valence-corrected chi connectivity index (χ3v) is 9.88. The van der Waals surface area contributed by atoms with E-state index in [2.05, 4.69) is 94.2 Å². The summed E-state index contributed by atoms with van der Waals surface area (Å²) in [5, 5.41) is 6.46. The fraction of sp³-hybridized carbons (Fsp3) is 0. The molecular formula is C42H20N4O2Pt-2. The summed E-state index contributed by atoms with van der Waals surface area (Å²) in [4.78, 5) is 5.30. The number of aromatic nitrogens is 4. The van der Waals surface area contributed by atoms with Crippen LogP contribution in [0.1, 0.15) is 0 Å². The molecule has 0 fully saturated rings. The zero-order chi connectivity index (χ0) is 31.1. The van der Waals surface area contributed by atoms with E-state index in [1.165, 1.54) is 11.1 Å².